The number of carbonyl (C=O) groups is 1. The molecule has 0 spiro atoms. The summed E-state index contributed by atoms with van der Waals surface area (Å²) < 4.78 is 5.86. The van der Waals surface area contributed by atoms with Gasteiger partial charge in [-0.25, -0.2) is 5.43 Å². The molecule has 33 heavy (non-hydrogen) atoms. The number of rotatable bonds is 9. The van der Waals surface area contributed by atoms with E-state index in [1.54, 1.807) is 6.21 Å². The number of carbonyl (C=O) groups excluding carboxylic acids is 1. The molecule has 4 heteroatoms. The molecule has 3 aromatic rings. The van der Waals surface area contributed by atoms with Gasteiger partial charge in [-0.2, -0.15) is 5.10 Å². The summed E-state index contributed by atoms with van der Waals surface area (Å²) in [6.07, 6.45) is 4.53. The Morgan fingerprint density at radius 2 is 1.70 bits per heavy atom. The molecule has 170 valence electrons. The van der Waals surface area contributed by atoms with E-state index in [1.165, 1.54) is 22.3 Å². The topological polar surface area (TPSA) is 50.7 Å². The van der Waals surface area contributed by atoms with Gasteiger partial charge in [0.05, 0.1) is 18.7 Å². The molecule has 1 unspecified atom stereocenters. The van der Waals surface area contributed by atoms with Crippen LogP contribution in [0.25, 0.3) is 0 Å². The fourth-order valence-electron chi connectivity index (χ4n) is 4.52. The Balaban J connectivity index is 1.52. The quantitative estimate of drug-likeness (QED) is 0.254. The highest BCUT2D eigenvalue weighted by Gasteiger charge is 2.60. The summed E-state index contributed by atoms with van der Waals surface area (Å²) in [5.41, 5.74) is 8.10. The third-order valence-electron chi connectivity index (χ3n) is 6.40. The number of hydrogen-bond donors (Lipinski definition) is 1. The molecule has 4 rings (SSSR count). The van der Waals surface area contributed by atoms with Crippen LogP contribution >= 0.6 is 0 Å². The van der Waals surface area contributed by atoms with Crippen molar-refractivity contribution in [3.63, 3.8) is 0 Å². The monoisotopic (exact) mass is 440 g/mol. The van der Waals surface area contributed by atoms with Crippen LogP contribution < -0.4 is 10.2 Å². The molecule has 4 nitrogen and oxygen atoms in total. The maximum atomic E-state index is 13.2. The second-order valence-corrected chi connectivity index (χ2v) is 8.94. The van der Waals surface area contributed by atoms with Gasteiger partial charge in [-0.3, -0.25) is 4.79 Å². The van der Waals surface area contributed by atoms with Gasteiger partial charge in [0.15, 0.2) is 0 Å². The van der Waals surface area contributed by atoms with Gasteiger partial charge in [0.1, 0.15) is 5.75 Å². The number of nitrogens with zero attached hydrogens (tertiary/aromatic N) is 1. The number of ether oxygens (including phenoxy) is 1. The minimum Gasteiger partial charge on any atom is -0.493 e. The lowest BCUT2D eigenvalue weighted by molar-refractivity contribution is -0.122. The van der Waals surface area contributed by atoms with Crippen molar-refractivity contribution in [2.45, 2.75) is 45.4 Å². The van der Waals surface area contributed by atoms with Crippen LogP contribution in [0.2, 0.25) is 0 Å². The smallest absolute Gasteiger partial charge is 0.244 e. The zero-order valence-electron chi connectivity index (χ0n) is 19.7. The number of benzene rings is 3. The summed E-state index contributed by atoms with van der Waals surface area (Å²) >= 11 is 0. The third-order valence-corrected chi connectivity index (χ3v) is 6.40. The number of unbranched alkanes of at least 4 members (excludes halogenated alkanes) is 1. The van der Waals surface area contributed by atoms with Gasteiger partial charge < -0.3 is 4.74 Å². The lowest BCUT2D eigenvalue weighted by atomic mass is 9.84. The number of amides is 1. The maximum Gasteiger partial charge on any atom is 0.244 e. The number of hydrazone groups is 1. The zero-order chi connectivity index (χ0) is 23.3. The lowest BCUT2D eigenvalue weighted by Crippen LogP contribution is -2.25. The van der Waals surface area contributed by atoms with Crippen molar-refractivity contribution in [1.29, 1.82) is 0 Å². The first-order valence-electron chi connectivity index (χ1n) is 11.7. The number of hydrogen-bond acceptors (Lipinski definition) is 3. The Morgan fingerprint density at radius 1 is 1.03 bits per heavy atom. The molecule has 1 aliphatic rings. The molecule has 1 N–H and O–H groups in total. The van der Waals surface area contributed by atoms with Crippen LogP contribution in [-0.4, -0.2) is 18.7 Å². The molecule has 0 heterocycles. The Bertz CT molecular complexity index is 1110. The largest absolute Gasteiger partial charge is 0.493 e. The number of para-hydroxylation sites is 1. The van der Waals surface area contributed by atoms with Crippen molar-refractivity contribution >= 4 is 12.1 Å². The third kappa shape index (κ3) is 5.00. The van der Waals surface area contributed by atoms with Crippen LogP contribution in [0.3, 0.4) is 0 Å². The molecule has 1 amide bonds. The normalized spacial score (nSPS) is 16.5. The van der Waals surface area contributed by atoms with E-state index in [9.17, 15) is 4.79 Å². The summed E-state index contributed by atoms with van der Waals surface area (Å²) in [5, 5.41) is 4.28. The van der Waals surface area contributed by atoms with Gasteiger partial charge in [-0.1, -0.05) is 85.1 Å². The average Bonchev–Trinajstić information content (AvgIpc) is 3.57. The molecule has 3 aromatic carbocycles. The van der Waals surface area contributed by atoms with Crippen molar-refractivity contribution in [3.8, 4) is 5.75 Å². The van der Waals surface area contributed by atoms with E-state index in [4.69, 9.17) is 4.74 Å². The van der Waals surface area contributed by atoms with Crippen LogP contribution in [0.5, 0.6) is 5.75 Å². The van der Waals surface area contributed by atoms with Gasteiger partial charge in [0.25, 0.3) is 0 Å². The average molecular weight is 441 g/mol. The van der Waals surface area contributed by atoms with Crippen LogP contribution in [-0.2, 0) is 10.2 Å². The summed E-state index contributed by atoms with van der Waals surface area (Å²) in [5.74, 6) is 0.567. The summed E-state index contributed by atoms with van der Waals surface area (Å²) in [6.45, 7) is 6.99. The first-order chi connectivity index (χ1) is 16.0. The van der Waals surface area contributed by atoms with E-state index < -0.39 is 0 Å². The molecule has 0 aliphatic heterocycles. The van der Waals surface area contributed by atoms with E-state index >= 15 is 0 Å². The van der Waals surface area contributed by atoms with E-state index in [2.05, 4.69) is 79.8 Å². The fraction of sp³-hybridized carbons (Fsp3) is 0.310. The minimum atomic E-state index is -0.307. The standard InChI is InChI=1S/C29H32N2O2/c1-4-5-16-33-27-15-7-6-12-23(27)20-30-31-28(32)26-19-29(26,24-13-8-10-21(2)17-24)25-14-9-11-22(3)18-25/h6-15,17-18,20,26H,4-5,16,19H2,1-3H3,(H,31,32). The summed E-state index contributed by atoms with van der Waals surface area (Å²) in [6, 6.07) is 24.8. The van der Waals surface area contributed by atoms with Crippen LogP contribution in [0, 0.1) is 19.8 Å². The van der Waals surface area contributed by atoms with E-state index in [1.807, 2.05) is 24.3 Å². The molecule has 0 radical (unpaired) electrons. The Hall–Kier alpha value is -3.40. The molecular weight excluding hydrogens is 408 g/mol. The van der Waals surface area contributed by atoms with Crippen molar-refractivity contribution in [2.24, 2.45) is 11.0 Å². The highest BCUT2D eigenvalue weighted by Crippen LogP contribution is 2.59. The highest BCUT2D eigenvalue weighted by molar-refractivity contribution is 5.88. The van der Waals surface area contributed by atoms with Crippen molar-refractivity contribution < 1.29 is 9.53 Å². The van der Waals surface area contributed by atoms with Crippen LogP contribution in [0.15, 0.2) is 77.9 Å². The SMILES string of the molecule is CCCCOc1ccccc1C=NNC(=O)C1CC1(c1cccc(C)c1)c1cccc(C)c1. The molecule has 1 saturated carbocycles. The lowest BCUT2D eigenvalue weighted by Gasteiger charge is -2.20. The van der Waals surface area contributed by atoms with E-state index in [-0.39, 0.29) is 17.2 Å². The van der Waals surface area contributed by atoms with Gasteiger partial charge in [0.2, 0.25) is 5.91 Å². The Morgan fingerprint density at radius 3 is 2.33 bits per heavy atom. The van der Waals surface area contributed by atoms with E-state index in [0.29, 0.717) is 6.61 Å². The first-order valence-corrected chi connectivity index (χ1v) is 11.7. The Labute approximate surface area is 196 Å². The number of aryl methyl sites for hydroxylation is 2. The first kappa shape index (κ1) is 22.8. The van der Waals surface area contributed by atoms with Gasteiger partial charge in [0, 0.05) is 11.0 Å². The molecule has 1 aliphatic carbocycles. The molecular formula is C29H32N2O2. The predicted molar refractivity (Wildman–Crippen MR) is 134 cm³/mol. The van der Waals surface area contributed by atoms with Crippen molar-refractivity contribution in [2.75, 3.05) is 6.61 Å². The molecule has 0 bridgehead atoms. The van der Waals surface area contributed by atoms with Gasteiger partial charge >= 0.3 is 0 Å². The van der Waals surface area contributed by atoms with Crippen molar-refractivity contribution in [3.05, 3.63) is 101 Å². The highest BCUT2D eigenvalue weighted by atomic mass is 16.5. The minimum absolute atomic E-state index is 0.0568. The summed E-state index contributed by atoms with van der Waals surface area (Å²) in [4.78, 5) is 13.2. The fourth-order valence-corrected chi connectivity index (χ4v) is 4.52. The van der Waals surface area contributed by atoms with Crippen molar-refractivity contribution in [1.82, 2.24) is 5.43 Å². The second kappa shape index (κ2) is 10.0. The molecule has 1 fully saturated rings. The molecule has 1 atom stereocenters. The Kier molecular flexibility index (Phi) is 6.93. The summed E-state index contributed by atoms with van der Waals surface area (Å²) in [7, 11) is 0. The van der Waals surface area contributed by atoms with Crippen LogP contribution in [0.4, 0.5) is 0 Å². The zero-order valence-corrected chi connectivity index (χ0v) is 19.7. The predicted octanol–water partition coefficient (Wildman–Crippen LogP) is 5.94. The molecule has 0 saturated heterocycles. The second-order valence-electron chi connectivity index (χ2n) is 8.94. The number of nitrogens with one attached hydrogen (secondary N) is 1. The van der Waals surface area contributed by atoms with Gasteiger partial charge in [-0.15, -0.1) is 0 Å². The maximum absolute atomic E-state index is 13.2. The van der Waals surface area contributed by atoms with Crippen LogP contribution in [0.1, 0.15) is 54.0 Å². The van der Waals surface area contributed by atoms with E-state index in [0.717, 1.165) is 30.6 Å². The van der Waals surface area contributed by atoms with Gasteiger partial charge in [-0.05, 0) is 49.9 Å². The molecule has 0 aromatic heterocycles.